The number of aromatic amines is 1. The van der Waals surface area contributed by atoms with Gasteiger partial charge in [-0.15, -0.1) is 6.58 Å². The van der Waals surface area contributed by atoms with E-state index in [1.807, 2.05) is 0 Å². The van der Waals surface area contributed by atoms with Crippen molar-refractivity contribution in [3.05, 3.63) is 82.9 Å². The van der Waals surface area contributed by atoms with Crippen LogP contribution in [0.2, 0.25) is 0 Å². The Morgan fingerprint density at radius 3 is 2.76 bits per heavy atom. The molecular formula is C21H18FN4O2S+. The number of carbonyl (C=O) groups excluding carboxylic acids is 1. The van der Waals surface area contributed by atoms with Crippen LogP contribution < -0.4 is 15.1 Å². The average molecular weight is 409 g/mol. The number of carbonyl (C=O) groups is 1. The zero-order chi connectivity index (χ0) is 20.5. The first-order valence-electron chi connectivity index (χ1n) is 8.96. The number of hydrogen-bond donors (Lipinski definition) is 1. The van der Waals surface area contributed by atoms with Crippen LogP contribution in [0.5, 0.6) is 0 Å². The molecule has 0 saturated carbocycles. The number of rotatable bonds is 4. The molecule has 4 rings (SSSR count). The number of halogens is 1. The summed E-state index contributed by atoms with van der Waals surface area (Å²) in [6.45, 7) is 5.09. The van der Waals surface area contributed by atoms with Crippen molar-refractivity contribution in [2.24, 2.45) is 0 Å². The van der Waals surface area contributed by atoms with E-state index in [1.54, 1.807) is 48.5 Å². The number of fused-ring (bicyclic) bond motifs is 3. The van der Waals surface area contributed by atoms with E-state index in [-0.39, 0.29) is 22.7 Å². The van der Waals surface area contributed by atoms with E-state index >= 15 is 0 Å². The van der Waals surface area contributed by atoms with E-state index in [4.69, 9.17) is 0 Å². The predicted molar refractivity (Wildman–Crippen MR) is 109 cm³/mol. The summed E-state index contributed by atoms with van der Waals surface area (Å²) in [7, 11) is 0. The maximum absolute atomic E-state index is 14.8. The molecule has 2 heterocycles. The first-order chi connectivity index (χ1) is 14.0. The van der Waals surface area contributed by atoms with Crippen LogP contribution in [0.25, 0.3) is 11.3 Å². The lowest BCUT2D eigenvalue weighted by Gasteiger charge is -2.31. The van der Waals surface area contributed by atoms with Crippen LogP contribution in [0.4, 0.5) is 10.1 Å². The molecule has 1 aliphatic heterocycles. The zero-order valence-electron chi connectivity index (χ0n) is 15.6. The van der Waals surface area contributed by atoms with Gasteiger partial charge in [0, 0.05) is 17.8 Å². The Morgan fingerprint density at radius 1 is 1.31 bits per heavy atom. The highest BCUT2D eigenvalue weighted by molar-refractivity contribution is 7.99. The van der Waals surface area contributed by atoms with Gasteiger partial charge in [-0.3, -0.25) is 14.6 Å². The number of nitrogens with one attached hydrogen (secondary N) is 1. The van der Waals surface area contributed by atoms with Crippen molar-refractivity contribution in [2.75, 3.05) is 10.7 Å². The maximum Gasteiger partial charge on any atom is 0.325 e. The smallest absolute Gasteiger partial charge is 0.291 e. The molecule has 0 fully saturated rings. The van der Waals surface area contributed by atoms with Gasteiger partial charge in [-0.1, -0.05) is 42.1 Å². The molecular weight excluding hydrogens is 391 g/mol. The van der Waals surface area contributed by atoms with Gasteiger partial charge >= 0.3 is 11.3 Å². The molecule has 1 atom stereocenters. The maximum atomic E-state index is 14.8. The summed E-state index contributed by atoms with van der Waals surface area (Å²) in [6.07, 6.45) is 0.768. The molecule has 0 saturated heterocycles. The van der Waals surface area contributed by atoms with Crippen LogP contribution in [-0.4, -0.2) is 21.7 Å². The number of amides is 1. The second kappa shape index (κ2) is 7.63. The summed E-state index contributed by atoms with van der Waals surface area (Å²) in [5.41, 5.74) is 1.26. The monoisotopic (exact) mass is 409 g/mol. The quantitative estimate of drug-likeness (QED) is 0.409. The minimum atomic E-state index is -0.927. The lowest BCUT2D eigenvalue weighted by molar-refractivity contribution is -0.763. The van der Waals surface area contributed by atoms with Crippen LogP contribution in [0.15, 0.2) is 71.1 Å². The Kier molecular flexibility index (Phi) is 5.02. The molecule has 1 aromatic heterocycles. The van der Waals surface area contributed by atoms with Gasteiger partial charge < -0.3 is 0 Å². The van der Waals surface area contributed by atoms with E-state index in [9.17, 15) is 14.0 Å². The zero-order valence-corrected chi connectivity index (χ0v) is 16.4. The number of thioether (sulfide) groups is 1. The molecule has 1 amide bonds. The van der Waals surface area contributed by atoms with Gasteiger partial charge in [-0.2, -0.15) is 0 Å². The van der Waals surface area contributed by atoms with Gasteiger partial charge in [0.05, 0.1) is 16.8 Å². The molecule has 1 aliphatic rings. The van der Waals surface area contributed by atoms with Gasteiger partial charge in [0.2, 0.25) is 11.1 Å². The van der Waals surface area contributed by atoms with Crippen LogP contribution in [0, 0.1) is 5.82 Å². The van der Waals surface area contributed by atoms with Crippen molar-refractivity contribution in [2.45, 2.75) is 18.2 Å². The number of hydrogen-bond acceptors (Lipinski definition) is 4. The Morgan fingerprint density at radius 2 is 2.03 bits per heavy atom. The van der Waals surface area contributed by atoms with Crippen molar-refractivity contribution >= 4 is 23.4 Å². The van der Waals surface area contributed by atoms with E-state index in [1.165, 1.54) is 34.3 Å². The summed E-state index contributed by atoms with van der Waals surface area (Å²) in [5.74, 6) is -0.227. The summed E-state index contributed by atoms with van der Waals surface area (Å²) in [6, 6.07) is 13.3. The van der Waals surface area contributed by atoms with E-state index < -0.39 is 12.0 Å². The highest BCUT2D eigenvalue weighted by Crippen LogP contribution is 2.37. The second-order valence-corrected chi connectivity index (χ2v) is 7.46. The van der Waals surface area contributed by atoms with Crippen molar-refractivity contribution in [1.29, 1.82) is 0 Å². The fraction of sp³-hybridized carbons (Fsp3) is 0.143. The molecule has 146 valence electrons. The third-order valence-electron chi connectivity index (χ3n) is 4.62. The van der Waals surface area contributed by atoms with Crippen molar-refractivity contribution in [3.8, 4) is 11.3 Å². The van der Waals surface area contributed by atoms with Crippen LogP contribution >= 0.6 is 11.8 Å². The third-order valence-corrected chi connectivity index (χ3v) is 5.48. The number of para-hydroxylation sites is 1. The fourth-order valence-corrected chi connectivity index (χ4v) is 4.07. The molecule has 0 radical (unpaired) electrons. The highest BCUT2D eigenvalue weighted by Gasteiger charge is 2.45. The molecule has 0 aliphatic carbocycles. The van der Waals surface area contributed by atoms with E-state index in [2.05, 4.69) is 16.7 Å². The second-order valence-electron chi connectivity index (χ2n) is 6.45. The summed E-state index contributed by atoms with van der Waals surface area (Å²) in [4.78, 5) is 29.9. The van der Waals surface area contributed by atoms with Crippen molar-refractivity contribution in [1.82, 2.24) is 10.1 Å². The molecule has 0 bridgehead atoms. The fourth-order valence-electron chi connectivity index (χ4n) is 3.48. The lowest BCUT2D eigenvalue weighted by Crippen LogP contribution is -2.60. The summed E-state index contributed by atoms with van der Waals surface area (Å²) < 4.78 is 16.2. The average Bonchev–Trinajstić information content (AvgIpc) is 2.71. The first kappa shape index (κ1) is 19.1. The molecule has 0 spiro atoms. The molecule has 2 aromatic carbocycles. The standard InChI is InChI=1S/C21H17FN4O2S/c1-3-12-29-21-23-19(28)18-15-9-5-7-11-17(15)25(13(2)27)20(26(18)24-21)14-8-4-6-10-16(14)22/h3-11,20H,1,12H2,2H3/p+1/t20-/m0/s1. The highest BCUT2D eigenvalue weighted by atomic mass is 32.2. The van der Waals surface area contributed by atoms with Crippen LogP contribution in [0.1, 0.15) is 18.7 Å². The normalized spacial score (nSPS) is 14.8. The topological polar surface area (TPSA) is 69.9 Å². The van der Waals surface area contributed by atoms with E-state index in [0.29, 0.717) is 22.2 Å². The Bertz CT molecular complexity index is 1180. The van der Waals surface area contributed by atoms with Crippen molar-refractivity contribution in [3.63, 3.8) is 0 Å². The lowest BCUT2D eigenvalue weighted by atomic mass is 10.0. The number of nitrogens with zero attached hydrogens (tertiary/aromatic N) is 3. The summed E-state index contributed by atoms with van der Waals surface area (Å²) in [5, 5.41) is 4.92. The summed E-state index contributed by atoms with van der Waals surface area (Å²) >= 11 is 1.30. The number of aromatic nitrogens is 3. The minimum Gasteiger partial charge on any atom is -0.291 e. The Hall–Kier alpha value is -3.26. The first-order valence-corrected chi connectivity index (χ1v) is 9.95. The molecule has 29 heavy (non-hydrogen) atoms. The molecule has 0 unspecified atom stereocenters. The number of benzene rings is 2. The SMILES string of the molecule is C=CCSc1n[n+]2c(c(=O)[nH]1)-c1ccccc1N(C(C)=O)[C@@H]2c1ccccc1F. The van der Waals surface area contributed by atoms with Gasteiger partial charge in [-0.05, 0) is 28.9 Å². The van der Waals surface area contributed by atoms with E-state index in [0.717, 1.165) is 0 Å². The Labute approximate surface area is 170 Å². The third kappa shape index (κ3) is 3.25. The van der Waals surface area contributed by atoms with Crippen LogP contribution in [0.3, 0.4) is 0 Å². The molecule has 8 heteroatoms. The molecule has 3 aromatic rings. The van der Waals surface area contributed by atoms with Gasteiger partial charge in [0.15, 0.2) is 0 Å². The van der Waals surface area contributed by atoms with Gasteiger partial charge in [0.1, 0.15) is 5.82 Å². The Balaban J connectivity index is 2.06. The minimum absolute atomic E-state index is 0.251. The van der Waals surface area contributed by atoms with Crippen LogP contribution in [-0.2, 0) is 4.79 Å². The van der Waals surface area contributed by atoms with Gasteiger partial charge in [-0.25, -0.2) is 9.29 Å². The van der Waals surface area contributed by atoms with Crippen molar-refractivity contribution < 1.29 is 13.9 Å². The number of H-pyrrole nitrogens is 1. The number of anilines is 1. The largest absolute Gasteiger partial charge is 0.325 e. The molecule has 1 N–H and O–H groups in total. The van der Waals surface area contributed by atoms with Gasteiger partial charge in [0.25, 0.3) is 6.17 Å². The molecule has 6 nitrogen and oxygen atoms in total. The predicted octanol–water partition coefficient (Wildman–Crippen LogP) is 3.06.